The number of thiophene rings is 1. The van der Waals surface area contributed by atoms with Gasteiger partial charge in [-0.2, -0.15) is 16.3 Å². The second-order valence-electron chi connectivity index (χ2n) is 4.97. The average Bonchev–Trinajstić information content (AvgIpc) is 3.08. The highest BCUT2D eigenvalue weighted by atomic mass is 32.1. The molecule has 2 atom stereocenters. The maximum Gasteiger partial charge on any atom is 0.241 e. The average molecular weight is 295 g/mol. The van der Waals surface area contributed by atoms with Crippen LogP contribution < -0.4 is 0 Å². The molecule has 1 fully saturated rings. The minimum atomic E-state index is -0.141. The predicted molar refractivity (Wildman–Crippen MR) is 74.3 cm³/mol. The lowest BCUT2D eigenvalue weighted by atomic mass is 10.2. The molecule has 1 saturated heterocycles. The number of morpholine rings is 1. The first-order valence-electron chi connectivity index (χ1n) is 6.58. The topological polar surface area (TPSA) is 71.6 Å². The Morgan fingerprint density at radius 2 is 2.40 bits per heavy atom. The highest BCUT2D eigenvalue weighted by molar-refractivity contribution is 7.08. The minimum Gasteiger partial charge on any atom is -0.394 e. The van der Waals surface area contributed by atoms with Crippen molar-refractivity contribution in [3.63, 3.8) is 0 Å². The Morgan fingerprint density at radius 1 is 1.50 bits per heavy atom. The van der Waals surface area contributed by atoms with Crippen LogP contribution in [0.15, 0.2) is 21.3 Å². The summed E-state index contributed by atoms with van der Waals surface area (Å²) in [5, 5.41) is 17.2. The van der Waals surface area contributed by atoms with Gasteiger partial charge in [-0.3, -0.25) is 4.90 Å². The van der Waals surface area contributed by atoms with E-state index in [0.717, 1.165) is 12.1 Å². The molecule has 2 aromatic rings. The zero-order chi connectivity index (χ0) is 13.9. The van der Waals surface area contributed by atoms with Gasteiger partial charge in [0, 0.05) is 24.0 Å². The van der Waals surface area contributed by atoms with Crippen LogP contribution in [0.4, 0.5) is 0 Å². The van der Waals surface area contributed by atoms with E-state index in [9.17, 15) is 5.11 Å². The van der Waals surface area contributed by atoms with Gasteiger partial charge in [0.25, 0.3) is 0 Å². The monoisotopic (exact) mass is 295 g/mol. The second-order valence-corrected chi connectivity index (χ2v) is 5.75. The number of aliphatic hydroxyl groups excluding tert-OH is 1. The summed E-state index contributed by atoms with van der Waals surface area (Å²) in [4.78, 5) is 6.57. The van der Waals surface area contributed by atoms with Crippen LogP contribution in [-0.2, 0) is 11.3 Å². The molecule has 3 rings (SSSR count). The fraction of sp³-hybridized carbons (Fsp3) is 0.538. The summed E-state index contributed by atoms with van der Waals surface area (Å²) in [6.45, 7) is 4.09. The van der Waals surface area contributed by atoms with Crippen molar-refractivity contribution in [3.05, 3.63) is 22.7 Å². The fourth-order valence-corrected chi connectivity index (χ4v) is 3.02. The van der Waals surface area contributed by atoms with E-state index in [1.54, 1.807) is 11.3 Å². The Balaban J connectivity index is 1.66. The van der Waals surface area contributed by atoms with Crippen LogP contribution in [0.3, 0.4) is 0 Å². The van der Waals surface area contributed by atoms with Crippen LogP contribution in [0.5, 0.6) is 0 Å². The lowest BCUT2D eigenvalue weighted by Gasteiger charge is -2.35. The van der Waals surface area contributed by atoms with E-state index in [0.29, 0.717) is 24.8 Å². The molecule has 0 spiro atoms. The lowest BCUT2D eigenvalue weighted by molar-refractivity contribution is -0.0988. The van der Waals surface area contributed by atoms with Crippen molar-refractivity contribution in [1.82, 2.24) is 15.0 Å². The van der Waals surface area contributed by atoms with E-state index in [1.807, 2.05) is 23.8 Å². The molecular weight excluding hydrogens is 278 g/mol. The standard InChI is InChI=1S/C13H17N3O3S/c1-9-4-16(5-11(7-17)18-9)6-12-14-13(15-19-12)10-2-3-20-8-10/h2-3,8-9,11,17H,4-7H2,1H3. The number of aromatic nitrogens is 2. The first-order chi connectivity index (χ1) is 9.74. The quantitative estimate of drug-likeness (QED) is 0.919. The molecule has 0 aromatic carbocycles. The molecule has 6 nitrogen and oxygen atoms in total. The number of aliphatic hydroxyl groups is 1. The Hall–Kier alpha value is -1.28. The van der Waals surface area contributed by atoms with Crippen LogP contribution in [-0.4, -0.2) is 52.1 Å². The zero-order valence-electron chi connectivity index (χ0n) is 11.2. The summed E-state index contributed by atoms with van der Waals surface area (Å²) in [7, 11) is 0. The maximum atomic E-state index is 9.22. The van der Waals surface area contributed by atoms with Crippen molar-refractivity contribution in [1.29, 1.82) is 0 Å². The van der Waals surface area contributed by atoms with Gasteiger partial charge in [0.2, 0.25) is 11.7 Å². The van der Waals surface area contributed by atoms with Gasteiger partial charge in [0.05, 0.1) is 25.4 Å². The van der Waals surface area contributed by atoms with Crippen LogP contribution in [0.1, 0.15) is 12.8 Å². The molecule has 0 radical (unpaired) electrons. The van der Waals surface area contributed by atoms with E-state index < -0.39 is 0 Å². The number of rotatable bonds is 4. The third-order valence-corrected chi connectivity index (χ3v) is 3.90. The molecule has 7 heteroatoms. The third-order valence-electron chi connectivity index (χ3n) is 3.21. The van der Waals surface area contributed by atoms with Gasteiger partial charge in [-0.1, -0.05) is 5.16 Å². The summed E-state index contributed by atoms with van der Waals surface area (Å²) in [5.74, 6) is 1.22. The van der Waals surface area contributed by atoms with E-state index in [2.05, 4.69) is 15.0 Å². The number of hydrogen-bond donors (Lipinski definition) is 1. The minimum absolute atomic E-state index is 0.0326. The SMILES string of the molecule is CC1CN(Cc2nc(-c3ccsc3)no2)CC(CO)O1. The van der Waals surface area contributed by atoms with Crippen molar-refractivity contribution >= 4 is 11.3 Å². The highest BCUT2D eigenvalue weighted by Crippen LogP contribution is 2.20. The molecule has 0 bridgehead atoms. The normalized spacial score (nSPS) is 24.1. The molecule has 1 aliphatic rings. The van der Waals surface area contributed by atoms with Gasteiger partial charge >= 0.3 is 0 Å². The van der Waals surface area contributed by atoms with E-state index in [1.165, 1.54) is 0 Å². The summed E-state index contributed by atoms with van der Waals surface area (Å²) in [5.41, 5.74) is 0.980. The van der Waals surface area contributed by atoms with Gasteiger partial charge in [0.1, 0.15) is 0 Å². The van der Waals surface area contributed by atoms with Gasteiger partial charge in [-0.15, -0.1) is 0 Å². The Labute approximate surface area is 121 Å². The smallest absolute Gasteiger partial charge is 0.241 e. The van der Waals surface area contributed by atoms with Crippen molar-refractivity contribution in [2.45, 2.75) is 25.7 Å². The Bertz CT molecular complexity index is 543. The molecular formula is C13H17N3O3S. The van der Waals surface area contributed by atoms with E-state index >= 15 is 0 Å². The first-order valence-corrected chi connectivity index (χ1v) is 7.52. The molecule has 20 heavy (non-hydrogen) atoms. The Kier molecular flexibility index (Phi) is 4.11. The highest BCUT2D eigenvalue weighted by Gasteiger charge is 2.26. The number of nitrogens with zero attached hydrogens (tertiary/aromatic N) is 3. The molecule has 108 valence electrons. The number of ether oxygens (including phenoxy) is 1. The summed E-state index contributed by atoms with van der Waals surface area (Å²) in [6.07, 6.45) is -0.0434. The molecule has 2 unspecified atom stereocenters. The first kappa shape index (κ1) is 13.7. The summed E-state index contributed by atoms with van der Waals surface area (Å²) in [6, 6.07) is 1.97. The van der Waals surface area contributed by atoms with Gasteiger partial charge in [-0.25, -0.2) is 0 Å². The molecule has 0 saturated carbocycles. The van der Waals surface area contributed by atoms with Crippen molar-refractivity contribution < 1.29 is 14.4 Å². The van der Waals surface area contributed by atoms with Crippen LogP contribution in [0.25, 0.3) is 11.4 Å². The predicted octanol–water partition coefficient (Wildman–Crippen LogP) is 1.38. The van der Waals surface area contributed by atoms with Crippen LogP contribution in [0.2, 0.25) is 0 Å². The van der Waals surface area contributed by atoms with Crippen molar-refractivity contribution in [2.24, 2.45) is 0 Å². The molecule has 1 aliphatic heterocycles. The summed E-state index contributed by atoms with van der Waals surface area (Å²) >= 11 is 1.61. The molecule has 0 amide bonds. The number of hydrogen-bond acceptors (Lipinski definition) is 7. The fourth-order valence-electron chi connectivity index (χ4n) is 2.39. The van der Waals surface area contributed by atoms with Gasteiger partial charge in [0.15, 0.2) is 0 Å². The van der Waals surface area contributed by atoms with Crippen molar-refractivity contribution in [3.8, 4) is 11.4 Å². The molecule has 0 aliphatic carbocycles. The molecule has 3 heterocycles. The molecule has 1 N–H and O–H groups in total. The van der Waals surface area contributed by atoms with Crippen LogP contribution >= 0.6 is 11.3 Å². The maximum absolute atomic E-state index is 9.22. The van der Waals surface area contributed by atoms with Crippen LogP contribution in [0, 0.1) is 0 Å². The summed E-state index contributed by atoms with van der Waals surface area (Å²) < 4.78 is 10.9. The van der Waals surface area contributed by atoms with Crippen molar-refractivity contribution in [2.75, 3.05) is 19.7 Å². The lowest BCUT2D eigenvalue weighted by Crippen LogP contribution is -2.47. The second kappa shape index (κ2) is 6.01. The largest absolute Gasteiger partial charge is 0.394 e. The Morgan fingerprint density at radius 3 is 3.15 bits per heavy atom. The zero-order valence-corrected chi connectivity index (χ0v) is 12.0. The van der Waals surface area contributed by atoms with Gasteiger partial charge in [-0.05, 0) is 18.4 Å². The van der Waals surface area contributed by atoms with E-state index in [4.69, 9.17) is 9.26 Å². The van der Waals surface area contributed by atoms with Gasteiger partial charge < -0.3 is 14.4 Å². The third kappa shape index (κ3) is 3.06. The van der Waals surface area contributed by atoms with E-state index in [-0.39, 0.29) is 18.8 Å². The molecule has 2 aromatic heterocycles.